The summed E-state index contributed by atoms with van der Waals surface area (Å²) in [4.78, 5) is 2.28. The fraction of sp³-hybridized carbons (Fsp3) is 0.128. The van der Waals surface area contributed by atoms with E-state index in [4.69, 9.17) is 8.83 Å². The fourth-order valence-corrected chi connectivity index (χ4v) is 6.37. The summed E-state index contributed by atoms with van der Waals surface area (Å²) < 4.78 is 13.3. The molecule has 0 amide bonds. The van der Waals surface area contributed by atoms with E-state index in [9.17, 15) is 0 Å². The van der Waals surface area contributed by atoms with Gasteiger partial charge in [0.05, 0.1) is 11.4 Å². The van der Waals surface area contributed by atoms with Crippen molar-refractivity contribution in [2.75, 3.05) is 4.90 Å². The van der Waals surface area contributed by atoms with Crippen molar-refractivity contribution in [1.82, 2.24) is 0 Å². The molecule has 0 aliphatic carbocycles. The predicted molar refractivity (Wildman–Crippen MR) is 177 cm³/mol. The van der Waals surface area contributed by atoms with E-state index in [0.717, 1.165) is 60.9 Å². The van der Waals surface area contributed by atoms with Gasteiger partial charge >= 0.3 is 0 Å². The van der Waals surface area contributed by atoms with E-state index in [1.165, 1.54) is 21.9 Å². The third-order valence-electron chi connectivity index (χ3n) is 8.45. The van der Waals surface area contributed by atoms with Crippen molar-refractivity contribution < 1.29 is 8.83 Å². The summed E-state index contributed by atoms with van der Waals surface area (Å²) in [5.41, 5.74) is 9.05. The van der Waals surface area contributed by atoms with Gasteiger partial charge in [0.1, 0.15) is 16.7 Å². The van der Waals surface area contributed by atoms with Crippen LogP contribution in [-0.4, -0.2) is 0 Å². The number of rotatable bonds is 3. The lowest BCUT2D eigenvalue weighted by Gasteiger charge is -2.25. The molecule has 2 aromatic heterocycles. The molecular weight excluding hydrogens is 514 g/mol. The first-order valence-electron chi connectivity index (χ1n) is 14.5. The standard InChI is InChI=1S/C39H31NO2/c1-24-15-18-26(19-16-24)40(33-14-8-12-30-29-11-7-13-32(39(2,3)4)37(29)42-38(30)33)27-20-21-31-35(23-27)41-34-22-17-25-9-5-6-10-28(25)36(31)34/h5-23H,1-4H3. The number of hydrogen-bond donors (Lipinski definition) is 0. The highest BCUT2D eigenvalue weighted by molar-refractivity contribution is 6.19. The maximum Gasteiger partial charge on any atom is 0.159 e. The first-order chi connectivity index (χ1) is 20.4. The van der Waals surface area contributed by atoms with Gasteiger partial charge in [-0.15, -0.1) is 0 Å². The van der Waals surface area contributed by atoms with Gasteiger partial charge in [-0.3, -0.25) is 0 Å². The molecule has 0 bridgehead atoms. The van der Waals surface area contributed by atoms with Crippen LogP contribution in [0, 0.1) is 6.92 Å². The van der Waals surface area contributed by atoms with E-state index in [1.54, 1.807) is 0 Å². The van der Waals surface area contributed by atoms with Gasteiger partial charge in [-0.1, -0.05) is 99.1 Å². The normalized spacial score (nSPS) is 12.3. The molecule has 3 heteroatoms. The number of aryl methyl sites for hydroxylation is 1. The topological polar surface area (TPSA) is 29.5 Å². The number of nitrogens with zero attached hydrogens (tertiary/aromatic N) is 1. The molecule has 8 aromatic rings. The average molecular weight is 546 g/mol. The largest absolute Gasteiger partial charge is 0.456 e. The number of anilines is 3. The SMILES string of the molecule is Cc1ccc(N(c2ccc3c(c2)oc2ccc4ccccc4c23)c2cccc3c2oc2c(C(C)(C)C)cccc23)cc1. The van der Waals surface area contributed by atoms with E-state index < -0.39 is 0 Å². The zero-order chi connectivity index (χ0) is 28.6. The Hall–Kier alpha value is -5.02. The summed E-state index contributed by atoms with van der Waals surface area (Å²) in [6.45, 7) is 8.83. The summed E-state index contributed by atoms with van der Waals surface area (Å²) in [7, 11) is 0. The van der Waals surface area contributed by atoms with Gasteiger partial charge in [-0.2, -0.15) is 0 Å². The van der Waals surface area contributed by atoms with Crippen molar-refractivity contribution >= 4 is 71.7 Å². The molecule has 204 valence electrons. The van der Waals surface area contributed by atoms with E-state index >= 15 is 0 Å². The van der Waals surface area contributed by atoms with E-state index in [-0.39, 0.29) is 5.41 Å². The molecule has 0 saturated carbocycles. The predicted octanol–water partition coefficient (Wildman–Crippen LogP) is 11.7. The molecular formula is C39H31NO2. The Labute approximate surface area is 244 Å². The number of hydrogen-bond acceptors (Lipinski definition) is 3. The zero-order valence-electron chi connectivity index (χ0n) is 24.2. The Morgan fingerprint density at radius 2 is 1.26 bits per heavy atom. The smallest absolute Gasteiger partial charge is 0.159 e. The van der Waals surface area contributed by atoms with Crippen molar-refractivity contribution in [1.29, 1.82) is 0 Å². The fourth-order valence-electron chi connectivity index (χ4n) is 6.37. The number of para-hydroxylation sites is 2. The van der Waals surface area contributed by atoms with Crippen LogP contribution in [-0.2, 0) is 5.41 Å². The Kier molecular flexibility index (Phi) is 5.30. The first kappa shape index (κ1) is 24.8. The Balaban J connectivity index is 1.40. The number of furan rings is 2. The summed E-state index contributed by atoms with van der Waals surface area (Å²) in [5, 5.41) is 6.95. The highest BCUT2D eigenvalue weighted by Gasteiger charge is 2.24. The quantitative estimate of drug-likeness (QED) is 0.221. The van der Waals surface area contributed by atoms with Gasteiger partial charge in [-0.05, 0) is 59.5 Å². The summed E-state index contributed by atoms with van der Waals surface area (Å²) in [6.07, 6.45) is 0. The van der Waals surface area contributed by atoms with Crippen LogP contribution in [0.3, 0.4) is 0 Å². The second kappa shape index (κ2) is 8.99. The molecule has 0 saturated heterocycles. The van der Waals surface area contributed by atoms with Crippen molar-refractivity contribution in [2.45, 2.75) is 33.1 Å². The van der Waals surface area contributed by atoms with Gasteiger partial charge in [0.2, 0.25) is 0 Å². The second-order valence-electron chi connectivity index (χ2n) is 12.3. The molecule has 3 nitrogen and oxygen atoms in total. The molecule has 0 unspecified atom stereocenters. The molecule has 0 spiro atoms. The molecule has 42 heavy (non-hydrogen) atoms. The molecule has 0 atom stereocenters. The second-order valence-corrected chi connectivity index (χ2v) is 12.3. The van der Waals surface area contributed by atoms with Crippen LogP contribution in [0.2, 0.25) is 0 Å². The van der Waals surface area contributed by atoms with Crippen LogP contribution in [0.15, 0.2) is 124 Å². The lowest BCUT2D eigenvalue weighted by molar-refractivity contribution is 0.573. The van der Waals surface area contributed by atoms with Crippen LogP contribution in [0.5, 0.6) is 0 Å². The van der Waals surface area contributed by atoms with E-state index in [2.05, 4.69) is 148 Å². The third-order valence-corrected chi connectivity index (χ3v) is 8.45. The zero-order valence-corrected chi connectivity index (χ0v) is 24.2. The monoisotopic (exact) mass is 545 g/mol. The Morgan fingerprint density at radius 3 is 2.07 bits per heavy atom. The van der Waals surface area contributed by atoms with Crippen LogP contribution >= 0.6 is 0 Å². The lowest BCUT2D eigenvalue weighted by atomic mass is 9.86. The van der Waals surface area contributed by atoms with Crippen LogP contribution in [0.25, 0.3) is 54.6 Å². The van der Waals surface area contributed by atoms with Gasteiger partial charge < -0.3 is 13.7 Å². The maximum absolute atomic E-state index is 6.81. The third kappa shape index (κ3) is 3.74. The minimum absolute atomic E-state index is 0.0410. The summed E-state index contributed by atoms with van der Waals surface area (Å²) >= 11 is 0. The van der Waals surface area contributed by atoms with Gasteiger partial charge in [0, 0.05) is 38.9 Å². The first-order valence-corrected chi connectivity index (χ1v) is 14.5. The van der Waals surface area contributed by atoms with Crippen LogP contribution < -0.4 is 4.90 Å². The number of benzene rings is 6. The average Bonchev–Trinajstić information content (AvgIpc) is 3.56. The lowest BCUT2D eigenvalue weighted by Crippen LogP contribution is -2.11. The molecule has 0 fully saturated rings. The molecule has 0 N–H and O–H groups in total. The van der Waals surface area contributed by atoms with Gasteiger partial charge in [0.25, 0.3) is 0 Å². The molecule has 2 heterocycles. The van der Waals surface area contributed by atoms with E-state index in [1.807, 2.05) is 0 Å². The van der Waals surface area contributed by atoms with Gasteiger partial charge in [-0.25, -0.2) is 0 Å². The summed E-state index contributed by atoms with van der Waals surface area (Å²) in [6, 6.07) is 40.9. The molecule has 8 rings (SSSR count). The Bertz CT molecular complexity index is 2290. The molecule has 0 aliphatic heterocycles. The van der Waals surface area contributed by atoms with Crippen LogP contribution in [0.4, 0.5) is 17.1 Å². The molecule has 0 aliphatic rings. The minimum atomic E-state index is -0.0410. The van der Waals surface area contributed by atoms with Gasteiger partial charge in [0.15, 0.2) is 5.58 Å². The maximum atomic E-state index is 6.81. The highest BCUT2D eigenvalue weighted by atomic mass is 16.3. The molecule has 0 radical (unpaired) electrons. The highest BCUT2D eigenvalue weighted by Crippen LogP contribution is 2.45. The van der Waals surface area contributed by atoms with Crippen molar-refractivity contribution in [3.8, 4) is 0 Å². The van der Waals surface area contributed by atoms with Crippen molar-refractivity contribution in [2.24, 2.45) is 0 Å². The summed E-state index contributed by atoms with van der Waals surface area (Å²) in [5.74, 6) is 0. The number of fused-ring (bicyclic) bond motifs is 8. The minimum Gasteiger partial charge on any atom is -0.456 e. The Morgan fingerprint density at radius 1 is 0.548 bits per heavy atom. The van der Waals surface area contributed by atoms with Crippen molar-refractivity contribution in [3.05, 3.63) is 126 Å². The molecule has 6 aromatic carbocycles. The van der Waals surface area contributed by atoms with E-state index in [0.29, 0.717) is 0 Å². The van der Waals surface area contributed by atoms with Crippen LogP contribution in [0.1, 0.15) is 31.9 Å². The van der Waals surface area contributed by atoms with Crippen molar-refractivity contribution in [3.63, 3.8) is 0 Å².